The summed E-state index contributed by atoms with van der Waals surface area (Å²) in [4.78, 5) is 46.4. The molecule has 4 heterocycles. The Bertz CT molecular complexity index is 744. The molecule has 1 amide bonds. The van der Waals surface area contributed by atoms with Crippen molar-refractivity contribution in [3.05, 3.63) is 0 Å². The second-order valence-electron chi connectivity index (χ2n) is 9.43. The van der Waals surface area contributed by atoms with Gasteiger partial charge in [0.05, 0.1) is 6.42 Å². The van der Waals surface area contributed by atoms with E-state index in [4.69, 9.17) is 29.1 Å². The van der Waals surface area contributed by atoms with Crippen molar-refractivity contribution in [1.29, 1.82) is 0 Å². The van der Waals surface area contributed by atoms with Gasteiger partial charge in [0, 0.05) is 24.7 Å². The van der Waals surface area contributed by atoms with Gasteiger partial charge in [0.2, 0.25) is 18.0 Å². The summed E-state index contributed by atoms with van der Waals surface area (Å²) >= 11 is 0. The lowest BCUT2D eigenvalue weighted by atomic mass is 9.58. The predicted octanol–water partition coefficient (Wildman–Crippen LogP) is 1.72. The fourth-order valence-electron chi connectivity index (χ4n) is 5.67. The highest BCUT2D eigenvalue weighted by Crippen LogP contribution is 2.60. The highest BCUT2D eigenvalue weighted by Gasteiger charge is 2.69. The van der Waals surface area contributed by atoms with Crippen molar-refractivity contribution in [2.45, 2.75) is 83.3 Å². The molecule has 1 aliphatic carbocycles. The van der Waals surface area contributed by atoms with E-state index in [9.17, 15) is 14.4 Å². The third kappa shape index (κ3) is 4.06. The maximum Gasteiger partial charge on any atom is 0.322 e. The first-order chi connectivity index (χ1) is 14.6. The van der Waals surface area contributed by atoms with Gasteiger partial charge in [-0.15, -0.1) is 0 Å². The smallest absolute Gasteiger partial charge is 0.322 e. The van der Waals surface area contributed by atoms with Crippen LogP contribution in [0.25, 0.3) is 0 Å². The van der Waals surface area contributed by atoms with Crippen LogP contribution >= 0.6 is 0 Å². The third-order valence-corrected chi connectivity index (χ3v) is 7.34. The maximum atomic E-state index is 12.4. The molecule has 0 unspecified atom stereocenters. The highest BCUT2D eigenvalue weighted by molar-refractivity contribution is 5.84. The van der Waals surface area contributed by atoms with Gasteiger partial charge in [-0.25, -0.2) is 9.78 Å². The molecule has 0 aromatic heterocycles. The Morgan fingerprint density at radius 3 is 2.61 bits per heavy atom. The fraction of sp³-hybridized carbons (Fsp3) is 0.857. The molecule has 0 aromatic carbocycles. The second kappa shape index (κ2) is 8.31. The molecule has 5 rings (SSSR count). The summed E-state index contributed by atoms with van der Waals surface area (Å²) < 4.78 is 18.0. The number of amides is 1. The fourth-order valence-corrected chi connectivity index (χ4v) is 5.67. The van der Waals surface area contributed by atoms with Gasteiger partial charge >= 0.3 is 11.9 Å². The number of aliphatic carboxylic acids is 1. The van der Waals surface area contributed by atoms with Crippen LogP contribution in [0.3, 0.4) is 0 Å². The van der Waals surface area contributed by atoms with E-state index in [0.717, 1.165) is 19.3 Å². The SMILES string of the molecule is C[C@H]1[C@H](OC(=O)CCC(=O)NCC(=O)O)O[C@@H]2O[C@]3(C)CC[C@H]4[C@H](C)CC[C@@H]1[C@@]24OO3. The number of ether oxygens (including phenoxy) is 3. The first-order valence-corrected chi connectivity index (χ1v) is 11.0. The number of carboxylic acid groups (broad SMARTS) is 1. The summed E-state index contributed by atoms with van der Waals surface area (Å²) in [5.41, 5.74) is -0.729. The maximum absolute atomic E-state index is 12.4. The first-order valence-electron chi connectivity index (χ1n) is 11.0. The molecule has 5 fully saturated rings. The van der Waals surface area contributed by atoms with Crippen molar-refractivity contribution in [3.8, 4) is 0 Å². The van der Waals surface area contributed by atoms with E-state index in [2.05, 4.69) is 12.2 Å². The molecular weight excluding hydrogens is 410 g/mol. The standard InChI is InChI=1S/C21H31NO9/c1-11-4-5-14-12(2)18(27-17(26)7-6-15(23)22-10-16(24)25)28-19-21(14)13(11)8-9-20(3,29-19)30-31-21/h11-14,18-19H,4-10H2,1-3H3,(H,22,23)(H,24,25)/t11-,12-,13+,14+,18-,19-,20+,21-/m1/s1. The van der Waals surface area contributed by atoms with E-state index in [1.807, 2.05) is 13.8 Å². The second-order valence-corrected chi connectivity index (χ2v) is 9.43. The third-order valence-electron chi connectivity index (χ3n) is 7.34. The van der Waals surface area contributed by atoms with Gasteiger partial charge in [-0.3, -0.25) is 14.4 Å². The molecule has 4 aliphatic heterocycles. The monoisotopic (exact) mass is 441 g/mol. The molecular formula is C21H31NO9. The number of hydrogen-bond acceptors (Lipinski definition) is 8. The first kappa shape index (κ1) is 22.4. The van der Waals surface area contributed by atoms with E-state index in [0.29, 0.717) is 12.3 Å². The van der Waals surface area contributed by atoms with Gasteiger partial charge in [0.15, 0.2) is 11.9 Å². The number of esters is 1. The molecule has 4 saturated heterocycles. The quantitative estimate of drug-likeness (QED) is 0.467. The molecule has 2 N–H and O–H groups in total. The number of rotatable bonds is 6. The van der Waals surface area contributed by atoms with Crippen LogP contribution in [0.4, 0.5) is 0 Å². The summed E-state index contributed by atoms with van der Waals surface area (Å²) in [5, 5.41) is 10.8. The number of carbonyl (C=O) groups excluding carboxylic acids is 2. The normalized spacial score (nSPS) is 43.5. The lowest BCUT2D eigenvalue weighted by Crippen LogP contribution is -2.70. The topological polar surface area (TPSA) is 130 Å². The summed E-state index contributed by atoms with van der Waals surface area (Å²) in [6, 6.07) is 0. The molecule has 1 spiro atoms. The van der Waals surface area contributed by atoms with Gasteiger partial charge in [0.25, 0.3) is 0 Å². The number of fused-ring (bicyclic) bond motifs is 2. The van der Waals surface area contributed by atoms with Crippen LogP contribution in [0.1, 0.15) is 59.3 Å². The molecule has 174 valence electrons. The van der Waals surface area contributed by atoms with Crippen molar-refractivity contribution in [2.24, 2.45) is 23.7 Å². The van der Waals surface area contributed by atoms with Gasteiger partial charge < -0.3 is 24.6 Å². The van der Waals surface area contributed by atoms with E-state index in [-0.39, 0.29) is 30.6 Å². The molecule has 0 radical (unpaired) electrons. The number of hydrogen-bond donors (Lipinski definition) is 2. The zero-order valence-corrected chi connectivity index (χ0v) is 18.1. The highest BCUT2D eigenvalue weighted by atomic mass is 17.3. The summed E-state index contributed by atoms with van der Waals surface area (Å²) in [6.45, 7) is 5.54. The number of carbonyl (C=O) groups is 3. The van der Waals surface area contributed by atoms with Crippen molar-refractivity contribution in [1.82, 2.24) is 5.32 Å². The van der Waals surface area contributed by atoms with E-state index >= 15 is 0 Å². The minimum absolute atomic E-state index is 0.0340. The number of carboxylic acids is 1. The Balaban J connectivity index is 1.44. The van der Waals surface area contributed by atoms with Crippen molar-refractivity contribution in [2.75, 3.05) is 6.54 Å². The molecule has 31 heavy (non-hydrogen) atoms. The average Bonchev–Trinajstić information content (AvgIpc) is 2.94. The lowest BCUT2D eigenvalue weighted by molar-refractivity contribution is -0.576. The number of nitrogens with one attached hydrogen (secondary N) is 1. The van der Waals surface area contributed by atoms with Gasteiger partial charge in [0.1, 0.15) is 6.54 Å². The van der Waals surface area contributed by atoms with Crippen LogP contribution in [0.5, 0.6) is 0 Å². The van der Waals surface area contributed by atoms with E-state index in [1.165, 1.54) is 0 Å². The zero-order valence-electron chi connectivity index (χ0n) is 18.1. The molecule has 5 aliphatic rings. The molecule has 0 aromatic rings. The molecule has 1 saturated carbocycles. The van der Waals surface area contributed by atoms with Gasteiger partial charge in [-0.05, 0) is 38.0 Å². The molecule has 10 nitrogen and oxygen atoms in total. The van der Waals surface area contributed by atoms with E-state index in [1.54, 1.807) is 0 Å². The summed E-state index contributed by atoms with van der Waals surface area (Å²) in [6.07, 6.45) is 1.67. The molecule has 10 heteroatoms. The Kier molecular flexibility index (Phi) is 6.01. The van der Waals surface area contributed by atoms with Crippen LogP contribution in [0.15, 0.2) is 0 Å². The van der Waals surface area contributed by atoms with Crippen LogP contribution in [-0.2, 0) is 38.4 Å². The molecule has 2 bridgehead atoms. The Hall–Kier alpha value is -1.75. The van der Waals surface area contributed by atoms with Crippen molar-refractivity contribution < 1.29 is 43.5 Å². The Morgan fingerprint density at radius 1 is 1.10 bits per heavy atom. The van der Waals surface area contributed by atoms with Crippen LogP contribution < -0.4 is 5.32 Å². The van der Waals surface area contributed by atoms with Crippen LogP contribution in [0, 0.1) is 23.7 Å². The van der Waals surface area contributed by atoms with Gasteiger partial charge in [-0.1, -0.05) is 13.8 Å². The van der Waals surface area contributed by atoms with Crippen molar-refractivity contribution >= 4 is 17.8 Å². The summed E-state index contributed by atoms with van der Waals surface area (Å²) in [5.74, 6) is -2.62. The minimum atomic E-state index is -1.15. The van der Waals surface area contributed by atoms with Gasteiger partial charge in [-0.2, -0.15) is 0 Å². The average molecular weight is 441 g/mol. The Labute approximate surface area is 180 Å². The largest absolute Gasteiger partial charge is 0.480 e. The van der Waals surface area contributed by atoms with Crippen molar-refractivity contribution in [3.63, 3.8) is 0 Å². The predicted molar refractivity (Wildman–Crippen MR) is 103 cm³/mol. The van der Waals surface area contributed by atoms with Crippen LogP contribution in [-0.4, -0.2) is 53.5 Å². The minimum Gasteiger partial charge on any atom is -0.480 e. The zero-order chi connectivity index (χ0) is 22.4. The Morgan fingerprint density at radius 2 is 1.87 bits per heavy atom. The van der Waals surface area contributed by atoms with Crippen LogP contribution in [0.2, 0.25) is 0 Å². The molecule has 8 atom stereocenters. The van der Waals surface area contributed by atoms with E-state index < -0.39 is 48.4 Å². The summed E-state index contributed by atoms with van der Waals surface area (Å²) in [7, 11) is 0. The lowest BCUT2D eigenvalue weighted by Gasteiger charge is -2.59.